The number of anilines is 1. The summed E-state index contributed by atoms with van der Waals surface area (Å²) in [4.78, 5) is 12.6. The summed E-state index contributed by atoms with van der Waals surface area (Å²) in [6.07, 6.45) is 1.62. The number of hydrogen-bond acceptors (Lipinski definition) is 3. The third-order valence-electron chi connectivity index (χ3n) is 5.44. The van der Waals surface area contributed by atoms with Gasteiger partial charge >= 0.3 is 0 Å². The molecule has 0 bridgehead atoms. The van der Waals surface area contributed by atoms with Crippen LogP contribution in [0.2, 0.25) is 0 Å². The first-order valence-corrected chi connectivity index (χ1v) is 12.0. The lowest BCUT2D eigenvalue weighted by atomic mass is 9.85. The summed E-state index contributed by atoms with van der Waals surface area (Å²) in [5, 5.41) is 2.93. The second-order valence-corrected chi connectivity index (χ2v) is 11.0. The van der Waals surface area contributed by atoms with E-state index in [1.54, 1.807) is 45.0 Å². The number of nitrogens with one attached hydrogen (secondary N) is 2. The van der Waals surface area contributed by atoms with E-state index in [-0.39, 0.29) is 29.3 Å². The van der Waals surface area contributed by atoms with E-state index >= 15 is 0 Å². The Kier molecular flexibility index (Phi) is 6.15. The van der Waals surface area contributed by atoms with Crippen LogP contribution < -0.4 is 10.0 Å². The van der Waals surface area contributed by atoms with Gasteiger partial charge in [0.15, 0.2) is 0 Å². The summed E-state index contributed by atoms with van der Waals surface area (Å²) in [5.41, 5.74) is 1.17. The van der Waals surface area contributed by atoms with Gasteiger partial charge in [-0.25, -0.2) is 17.2 Å². The first-order valence-electron chi connectivity index (χ1n) is 10.1. The smallest absolute Gasteiger partial charge is 0.229 e. The molecule has 1 aliphatic carbocycles. The third kappa shape index (κ3) is 5.61. The number of rotatable bonds is 6. The Balaban J connectivity index is 1.64. The highest BCUT2D eigenvalue weighted by molar-refractivity contribution is 7.92. The molecule has 168 valence electrons. The Hall–Kier alpha value is -2.48. The van der Waals surface area contributed by atoms with Gasteiger partial charge in [0.1, 0.15) is 11.6 Å². The number of benzene rings is 2. The zero-order chi connectivity index (χ0) is 23.1. The van der Waals surface area contributed by atoms with E-state index in [0.29, 0.717) is 17.7 Å². The van der Waals surface area contributed by atoms with Crippen LogP contribution in [0.15, 0.2) is 36.4 Å². The number of sulfonamides is 1. The molecule has 31 heavy (non-hydrogen) atoms. The monoisotopic (exact) mass is 450 g/mol. The number of halogens is 2. The van der Waals surface area contributed by atoms with Crippen LogP contribution in [0.3, 0.4) is 0 Å². The molecule has 3 rings (SSSR count). The summed E-state index contributed by atoms with van der Waals surface area (Å²) in [6, 6.07) is 9.12. The van der Waals surface area contributed by atoms with Crippen molar-refractivity contribution in [1.82, 2.24) is 5.32 Å². The van der Waals surface area contributed by atoms with Gasteiger partial charge in [-0.15, -0.1) is 0 Å². The molecule has 0 aliphatic heterocycles. The van der Waals surface area contributed by atoms with Crippen molar-refractivity contribution in [3.63, 3.8) is 0 Å². The lowest BCUT2D eigenvalue weighted by Crippen LogP contribution is -2.28. The number of amides is 1. The molecule has 2 N–H and O–H groups in total. The van der Waals surface area contributed by atoms with Gasteiger partial charge in [0.25, 0.3) is 0 Å². The van der Waals surface area contributed by atoms with Crippen molar-refractivity contribution >= 4 is 21.6 Å². The number of carbonyl (C=O) groups is 1. The fourth-order valence-electron chi connectivity index (χ4n) is 3.83. The molecule has 1 aliphatic rings. The van der Waals surface area contributed by atoms with Crippen molar-refractivity contribution in [3.8, 4) is 0 Å². The third-order valence-corrected chi connectivity index (χ3v) is 6.05. The maximum Gasteiger partial charge on any atom is 0.229 e. The van der Waals surface area contributed by atoms with E-state index in [1.165, 1.54) is 12.1 Å². The molecular formula is C23H28F2N2O3S. The molecule has 0 saturated heterocycles. The summed E-state index contributed by atoms with van der Waals surface area (Å²) in [6.45, 7) is 7.10. The predicted octanol–water partition coefficient (Wildman–Crippen LogP) is 4.61. The first kappa shape index (κ1) is 23.2. The first-order chi connectivity index (χ1) is 14.3. The van der Waals surface area contributed by atoms with Gasteiger partial charge in [-0.3, -0.25) is 9.52 Å². The Morgan fingerprint density at radius 2 is 1.65 bits per heavy atom. The molecule has 2 aromatic carbocycles. The fraction of sp³-hybridized carbons (Fsp3) is 0.435. The minimum atomic E-state index is -3.36. The molecule has 2 unspecified atom stereocenters. The van der Waals surface area contributed by atoms with E-state index in [2.05, 4.69) is 10.0 Å². The Morgan fingerprint density at radius 1 is 1.10 bits per heavy atom. The standard InChI is InChI=1S/C23H28F2N2O3S/c1-13(14-6-8-16(9-7-14)27-31(5,29)30)26-22(28)18-12-17(18)15-10-19(24)21(20(25)11-15)23(2,3)4/h6-11,13,17-18,27H,12H2,1-5H3,(H,26,28)/t13?,17?,18-/m1/s1. The zero-order valence-corrected chi connectivity index (χ0v) is 19.1. The molecule has 1 amide bonds. The molecule has 8 heteroatoms. The molecule has 2 aromatic rings. The van der Waals surface area contributed by atoms with Crippen LogP contribution in [0.4, 0.5) is 14.5 Å². The van der Waals surface area contributed by atoms with Crippen LogP contribution in [0, 0.1) is 17.6 Å². The fourth-order valence-corrected chi connectivity index (χ4v) is 4.40. The topological polar surface area (TPSA) is 75.3 Å². The quantitative estimate of drug-likeness (QED) is 0.675. The van der Waals surface area contributed by atoms with Crippen LogP contribution >= 0.6 is 0 Å². The van der Waals surface area contributed by atoms with Gasteiger partial charge in [0.2, 0.25) is 15.9 Å². The molecule has 0 radical (unpaired) electrons. The highest BCUT2D eigenvalue weighted by Crippen LogP contribution is 2.48. The van der Waals surface area contributed by atoms with Crippen LogP contribution in [0.1, 0.15) is 62.8 Å². The summed E-state index contributed by atoms with van der Waals surface area (Å²) >= 11 is 0. The summed E-state index contributed by atoms with van der Waals surface area (Å²) < 4.78 is 54.0. The van der Waals surface area contributed by atoms with Crippen molar-refractivity contribution in [2.24, 2.45) is 5.92 Å². The van der Waals surface area contributed by atoms with Crippen molar-refractivity contribution in [3.05, 3.63) is 64.7 Å². The second kappa shape index (κ2) is 8.22. The maximum absolute atomic E-state index is 14.5. The van der Waals surface area contributed by atoms with Gasteiger partial charge in [0, 0.05) is 17.2 Å². The highest BCUT2D eigenvalue weighted by Gasteiger charge is 2.45. The number of carbonyl (C=O) groups excluding carboxylic acids is 1. The Bertz CT molecular complexity index is 1070. The van der Waals surface area contributed by atoms with E-state index in [4.69, 9.17) is 0 Å². The lowest BCUT2D eigenvalue weighted by Gasteiger charge is -2.21. The van der Waals surface area contributed by atoms with E-state index in [0.717, 1.165) is 11.8 Å². The molecule has 3 atom stereocenters. The van der Waals surface area contributed by atoms with Crippen molar-refractivity contribution in [2.75, 3.05) is 11.0 Å². The number of hydrogen-bond donors (Lipinski definition) is 2. The van der Waals surface area contributed by atoms with Crippen LogP contribution in [-0.4, -0.2) is 20.6 Å². The van der Waals surface area contributed by atoms with Crippen LogP contribution in [0.25, 0.3) is 0 Å². The van der Waals surface area contributed by atoms with Crippen molar-refractivity contribution in [1.29, 1.82) is 0 Å². The van der Waals surface area contributed by atoms with E-state index in [9.17, 15) is 22.0 Å². The Morgan fingerprint density at radius 3 is 2.13 bits per heavy atom. The molecular weight excluding hydrogens is 422 g/mol. The van der Waals surface area contributed by atoms with Crippen LogP contribution in [0.5, 0.6) is 0 Å². The SMILES string of the molecule is CC(NC(=O)[C@@H]1CC1c1cc(F)c(C(C)(C)C)c(F)c1)c1ccc(NS(C)(=O)=O)cc1. The molecule has 0 spiro atoms. The van der Waals surface area contributed by atoms with Gasteiger partial charge in [0.05, 0.1) is 12.3 Å². The molecule has 1 saturated carbocycles. The lowest BCUT2D eigenvalue weighted by molar-refractivity contribution is -0.123. The normalized spacial score (nSPS) is 19.6. The van der Waals surface area contributed by atoms with Crippen molar-refractivity contribution in [2.45, 2.75) is 51.5 Å². The summed E-state index contributed by atoms with van der Waals surface area (Å²) in [5.74, 6) is -1.86. The van der Waals surface area contributed by atoms with Gasteiger partial charge in [-0.05, 0) is 60.1 Å². The average molecular weight is 451 g/mol. The maximum atomic E-state index is 14.5. The molecule has 1 fully saturated rings. The molecule has 0 aromatic heterocycles. The largest absolute Gasteiger partial charge is 0.349 e. The minimum absolute atomic E-state index is 0.0559. The minimum Gasteiger partial charge on any atom is -0.349 e. The van der Waals surface area contributed by atoms with Gasteiger partial charge in [-0.1, -0.05) is 32.9 Å². The Labute approximate surface area is 182 Å². The van der Waals surface area contributed by atoms with Gasteiger partial charge in [-0.2, -0.15) is 0 Å². The highest BCUT2D eigenvalue weighted by atomic mass is 32.2. The van der Waals surface area contributed by atoms with Crippen LogP contribution in [-0.2, 0) is 20.2 Å². The second-order valence-electron chi connectivity index (χ2n) is 9.28. The zero-order valence-electron chi connectivity index (χ0n) is 18.3. The predicted molar refractivity (Wildman–Crippen MR) is 117 cm³/mol. The van der Waals surface area contributed by atoms with E-state index in [1.807, 2.05) is 6.92 Å². The molecule has 5 nitrogen and oxygen atoms in total. The molecule has 0 heterocycles. The summed E-state index contributed by atoms with van der Waals surface area (Å²) in [7, 11) is -3.36. The average Bonchev–Trinajstić information content (AvgIpc) is 3.40. The van der Waals surface area contributed by atoms with Gasteiger partial charge < -0.3 is 5.32 Å². The van der Waals surface area contributed by atoms with E-state index < -0.39 is 27.1 Å². The van der Waals surface area contributed by atoms with Crippen molar-refractivity contribution < 1.29 is 22.0 Å².